The highest BCUT2D eigenvalue weighted by Crippen LogP contribution is 2.24. The Morgan fingerprint density at radius 3 is 2.56 bits per heavy atom. The van der Waals surface area contributed by atoms with Gasteiger partial charge in [-0.3, -0.25) is 4.90 Å². The van der Waals surface area contributed by atoms with Crippen LogP contribution in [0.3, 0.4) is 0 Å². The zero-order valence-corrected chi connectivity index (χ0v) is 15.5. The Morgan fingerprint density at radius 2 is 1.80 bits per heavy atom. The summed E-state index contributed by atoms with van der Waals surface area (Å²) in [7, 11) is 0. The van der Waals surface area contributed by atoms with E-state index in [4.69, 9.17) is 9.15 Å². The molecular weight excluding hydrogens is 366 g/mol. The van der Waals surface area contributed by atoms with Crippen LogP contribution in [0.5, 0.6) is 0 Å². The Morgan fingerprint density at radius 1 is 1.04 bits per heavy atom. The minimum absolute atomic E-state index is 0. The minimum Gasteiger partial charge on any atom is -1.00 e. The van der Waals surface area contributed by atoms with Crippen molar-refractivity contribution < 1.29 is 38.4 Å². The molecule has 25 heavy (non-hydrogen) atoms. The summed E-state index contributed by atoms with van der Waals surface area (Å²) in [5, 5.41) is 3.38. The number of morpholine rings is 1. The Labute approximate surface area is 160 Å². The Balaban J connectivity index is 0.00000156. The summed E-state index contributed by atoms with van der Waals surface area (Å²) in [4.78, 5) is 2.42. The molecule has 7 heteroatoms. The van der Waals surface area contributed by atoms with Gasteiger partial charge in [-0.15, -0.1) is 0 Å². The van der Waals surface area contributed by atoms with Crippen LogP contribution in [0.25, 0.3) is 11.3 Å². The van der Waals surface area contributed by atoms with Gasteiger partial charge in [-0.05, 0) is 43.8 Å². The van der Waals surface area contributed by atoms with Crippen molar-refractivity contribution in [1.82, 2.24) is 10.2 Å². The minimum atomic E-state index is -0.258. The lowest BCUT2D eigenvalue weighted by atomic mass is 10.1. The average molecular weight is 389 g/mol. The van der Waals surface area contributed by atoms with E-state index in [-0.39, 0.29) is 30.6 Å². The SMILES string of the molecule is Fc1ccccc1-c1ccc(CNCCCN2CCOCC2)o1.[Cl-].[Cl-]. The molecule has 140 valence electrons. The quantitative estimate of drug-likeness (QED) is 0.510. The summed E-state index contributed by atoms with van der Waals surface area (Å²) in [6.45, 7) is 6.45. The zero-order chi connectivity index (χ0) is 15.9. The van der Waals surface area contributed by atoms with Crippen molar-refractivity contribution in [3.05, 3.63) is 48.0 Å². The van der Waals surface area contributed by atoms with Crippen molar-refractivity contribution in [2.75, 3.05) is 39.4 Å². The molecule has 0 radical (unpaired) electrons. The summed E-state index contributed by atoms with van der Waals surface area (Å²) in [6.07, 6.45) is 1.10. The fourth-order valence-electron chi connectivity index (χ4n) is 2.74. The van der Waals surface area contributed by atoms with Gasteiger partial charge in [0.1, 0.15) is 17.3 Å². The molecule has 0 atom stereocenters. The molecule has 4 nitrogen and oxygen atoms in total. The van der Waals surface area contributed by atoms with Gasteiger partial charge in [0, 0.05) is 13.1 Å². The van der Waals surface area contributed by atoms with Crippen molar-refractivity contribution in [3.8, 4) is 11.3 Å². The van der Waals surface area contributed by atoms with E-state index in [9.17, 15) is 4.39 Å². The molecule has 1 N–H and O–H groups in total. The van der Waals surface area contributed by atoms with Crippen molar-refractivity contribution in [2.24, 2.45) is 0 Å². The number of hydrogen-bond donors (Lipinski definition) is 1. The third kappa shape index (κ3) is 6.60. The molecule has 0 amide bonds. The number of benzene rings is 1. The molecule has 0 spiro atoms. The molecule has 1 aliphatic heterocycles. The smallest absolute Gasteiger partial charge is 0.137 e. The third-order valence-corrected chi connectivity index (χ3v) is 4.03. The van der Waals surface area contributed by atoms with Gasteiger partial charge in [-0.2, -0.15) is 0 Å². The van der Waals surface area contributed by atoms with E-state index in [0.29, 0.717) is 17.9 Å². The zero-order valence-electron chi connectivity index (χ0n) is 14.0. The van der Waals surface area contributed by atoms with Crippen LogP contribution in [-0.4, -0.2) is 44.3 Å². The highest BCUT2D eigenvalue weighted by Gasteiger charge is 2.10. The summed E-state index contributed by atoms with van der Waals surface area (Å²) in [5.41, 5.74) is 0.506. The van der Waals surface area contributed by atoms with Gasteiger partial charge in [-0.25, -0.2) is 4.39 Å². The highest BCUT2D eigenvalue weighted by molar-refractivity contribution is 5.58. The van der Waals surface area contributed by atoms with Crippen molar-refractivity contribution >= 4 is 0 Å². The maximum atomic E-state index is 13.7. The molecular formula is C18H23Cl2FN2O2-2. The first-order chi connectivity index (χ1) is 11.3. The standard InChI is InChI=1S/C18H23FN2O2.2ClH/c19-17-5-2-1-4-16(17)18-7-6-15(23-18)14-20-8-3-9-21-10-12-22-13-11-21;;/h1-2,4-7,20H,3,8-14H2;2*1H/p-2. The number of furan rings is 1. The number of nitrogens with zero attached hydrogens (tertiary/aromatic N) is 1. The number of ether oxygens (including phenoxy) is 1. The second kappa shape index (κ2) is 11.5. The molecule has 2 aromatic rings. The number of hydrogen-bond acceptors (Lipinski definition) is 4. The summed E-state index contributed by atoms with van der Waals surface area (Å²) >= 11 is 0. The van der Waals surface area contributed by atoms with E-state index in [0.717, 1.165) is 51.6 Å². The van der Waals surface area contributed by atoms with Gasteiger partial charge in [0.05, 0.1) is 25.3 Å². The predicted octanol–water partition coefficient (Wildman–Crippen LogP) is -3.09. The van der Waals surface area contributed by atoms with E-state index in [2.05, 4.69) is 10.2 Å². The molecule has 2 heterocycles. The molecule has 0 saturated carbocycles. The fraction of sp³-hybridized carbons (Fsp3) is 0.444. The second-order valence-corrected chi connectivity index (χ2v) is 5.73. The van der Waals surface area contributed by atoms with E-state index in [1.165, 1.54) is 6.07 Å². The van der Waals surface area contributed by atoms with Crippen LogP contribution in [0.1, 0.15) is 12.2 Å². The molecule has 0 bridgehead atoms. The van der Waals surface area contributed by atoms with E-state index in [1.807, 2.05) is 18.2 Å². The number of halogens is 3. The number of rotatable bonds is 7. The second-order valence-electron chi connectivity index (χ2n) is 5.73. The molecule has 1 fully saturated rings. The van der Waals surface area contributed by atoms with E-state index < -0.39 is 0 Å². The molecule has 1 saturated heterocycles. The van der Waals surface area contributed by atoms with Gasteiger partial charge in [0.25, 0.3) is 0 Å². The Bertz CT molecular complexity index is 619. The van der Waals surface area contributed by atoms with Crippen molar-refractivity contribution in [1.29, 1.82) is 0 Å². The number of nitrogens with one attached hydrogen (secondary N) is 1. The Hall–Kier alpha value is -1.11. The van der Waals surface area contributed by atoms with Crippen molar-refractivity contribution in [3.63, 3.8) is 0 Å². The molecule has 3 rings (SSSR count). The average Bonchev–Trinajstić information content (AvgIpc) is 3.04. The molecule has 1 aliphatic rings. The lowest BCUT2D eigenvalue weighted by molar-refractivity contribution is -0.00100. The maximum absolute atomic E-state index is 13.7. The lowest BCUT2D eigenvalue weighted by Crippen LogP contribution is -3.00. The molecule has 0 aliphatic carbocycles. The first kappa shape index (κ1) is 21.9. The topological polar surface area (TPSA) is 37.6 Å². The normalized spacial score (nSPS) is 14.6. The van der Waals surface area contributed by atoms with Gasteiger partial charge >= 0.3 is 0 Å². The van der Waals surface area contributed by atoms with E-state index >= 15 is 0 Å². The largest absolute Gasteiger partial charge is 1.00 e. The van der Waals surface area contributed by atoms with Crippen LogP contribution >= 0.6 is 0 Å². The molecule has 1 aromatic carbocycles. The van der Waals surface area contributed by atoms with Crippen LogP contribution in [0.15, 0.2) is 40.8 Å². The third-order valence-electron chi connectivity index (χ3n) is 4.03. The maximum Gasteiger partial charge on any atom is 0.137 e. The van der Waals surface area contributed by atoms with Crippen LogP contribution in [-0.2, 0) is 11.3 Å². The first-order valence-corrected chi connectivity index (χ1v) is 8.17. The fourth-order valence-corrected chi connectivity index (χ4v) is 2.74. The summed E-state index contributed by atoms with van der Waals surface area (Å²) in [5.74, 6) is 1.15. The monoisotopic (exact) mass is 388 g/mol. The van der Waals surface area contributed by atoms with E-state index in [1.54, 1.807) is 12.1 Å². The summed E-state index contributed by atoms with van der Waals surface area (Å²) in [6, 6.07) is 10.4. The Kier molecular flexibility index (Phi) is 10.1. The predicted molar refractivity (Wildman–Crippen MR) is 87.7 cm³/mol. The van der Waals surface area contributed by atoms with Crippen LogP contribution in [0.4, 0.5) is 4.39 Å². The van der Waals surface area contributed by atoms with Gasteiger partial charge in [0.2, 0.25) is 0 Å². The van der Waals surface area contributed by atoms with Crippen LogP contribution < -0.4 is 30.1 Å². The first-order valence-electron chi connectivity index (χ1n) is 8.17. The van der Waals surface area contributed by atoms with Crippen molar-refractivity contribution in [2.45, 2.75) is 13.0 Å². The highest BCUT2D eigenvalue weighted by atomic mass is 35.5. The van der Waals surface area contributed by atoms with Crippen LogP contribution in [0.2, 0.25) is 0 Å². The van der Waals surface area contributed by atoms with Gasteiger partial charge < -0.3 is 39.3 Å². The summed E-state index contributed by atoms with van der Waals surface area (Å²) < 4.78 is 24.8. The molecule has 1 aromatic heterocycles. The van der Waals surface area contributed by atoms with Gasteiger partial charge in [-0.1, -0.05) is 12.1 Å². The van der Waals surface area contributed by atoms with Crippen LogP contribution in [0, 0.1) is 5.82 Å². The lowest BCUT2D eigenvalue weighted by Gasteiger charge is -2.26. The van der Waals surface area contributed by atoms with Gasteiger partial charge in [0.15, 0.2) is 0 Å². The molecule has 0 unspecified atom stereocenters.